The van der Waals surface area contributed by atoms with Crippen molar-refractivity contribution in [2.24, 2.45) is 0 Å². The quantitative estimate of drug-likeness (QED) is 0.735. The summed E-state index contributed by atoms with van der Waals surface area (Å²) in [6, 6.07) is 0. The third kappa shape index (κ3) is 2.24. The number of nitrogens with zero attached hydrogens (tertiary/aromatic N) is 2. The third-order valence-corrected chi connectivity index (χ3v) is 2.98. The first-order valence-electron chi connectivity index (χ1n) is 5.65. The first-order valence-corrected chi connectivity index (χ1v) is 5.65. The molecule has 18 heavy (non-hydrogen) atoms. The van der Waals surface area contributed by atoms with E-state index in [0.717, 1.165) is 0 Å². The second-order valence-corrected chi connectivity index (χ2v) is 4.24. The summed E-state index contributed by atoms with van der Waals surface area (Å²) in [7, 11) is 1.44. The van der Waals surface area contributed by atoms with Crippen LogP contribution in [-0.2, 0) is 4.74 Å². The van der Waals surface area contributed by atoms with Gasteiger partial charge in [0.15, 0.2) is 0 Å². The van der Waals surface area contributed by atoms with E-state index in [1.165, 1.54) is 11.7 Å². The molecule has 1 aliphatic rings. The Morgan fingerprint density at radius 2 is 2.39 bits per heavy atom. The number of hydrogen-bond acceptors (Lipinski definition) is 6. The first kappa shape index (κ1) is 13.0. The summed E-state index contributed by atoms with van der Waals surface area (Å²) in [4.78, 5) is 15.6. The van der Waals surface area contributed by atoms with Gasteiger partial charge in [-0.2, -0.15) is 4.98 Å². The van der Waals surface area contributed by atoms with Crippen LogP contribution in [0.3, 0.4) is 0 Å². The van der Waals surface area contributed by atoms with Crippen LogP contribution in [-0.4, -0.2) is 45.7 Å². The van der Waals surface area contributed by atoms with Crippen LogP contribution in [0, 0.1) is 6.92 Å². The monoisotopic (exact) mass is 256 g/mol. The summed E-state index contributed by atoms with van der Waals surface area (Å²) in [6.07, 6.45) is -0.232. The van der Waals surface area contributed by atoms with Crippen molar-refractivity contribution in [1.82, 2.24) is 9.55 Å². The maximum atomic E-state index is 11.8. The Morgan fingerprint density at radius 3 is 2.94 bits per heavy atom. The second-order valence-electron chi connectivity index (χ2n) is 4.24. The molecule has 1 saturated heterocycles. The fraction of sp³-hybridized carbons (Fsp3) is 0.636. The first-order chi connectivity index (χ1) is 8.56. The molecule has 0 spiro atoms. The lowest BCUT2D eigenvalue weighted by molar-refractivity contribution is -0.0460. The van der Waals surface area contributed by atoms with Crippen molar-refractivity contribution >= 4 is 0 Å². The van der Waals surface area contributed by atoms with Crippen molar-refractivity contribution in [2.45, 2.75) is 31.8 Å². The number of rotatable bonds is 3. The number of aromatic nitrogens is 2. The molecule has 7 heteroatoms. The summed E-state index contributed by atoms with van der Waals surface area (Å²) in [5.41, 5.74) is 0.191. The molecule has 0 unspecified atom stereocenters. The second kappa shape index (κ2) is 5.05. The lowest BCUT2D eigenvalue weighted by Crippen LogP contribution is -2.28. The van der Waals surface area contributed by atoms with Crippen LogP contribution < -0.4 is 10.4 Å². The summed E-state index contributed by atoms with van der Waals surface area (Å²) < 4.78 is 11.7. The zero-order valence-electron chi connectivity index (χ0n) is 10.2. The van der Waals surface area contributed by atoms with Crippen LogP contribution in [0.2, 0.25) is 0 Å². The highest BCUT2D eigenvalue weighted by atomic mass is 16.5. The molecule has 1 aliphatic heterocycles. The summed E-state index contributed by atoms with van der Waals surface area (Å²) in [6.45, 7) is 1.48. The maximum Gasteiger partial charge on any atom is 0.352 e. The number of aliphatic hydroxyl groups is 2. The Balaban J connectivity index is 2.30. The minimum atomic E-state index is -0.783. The van der Waals surface area contributed by atoms with E-state index in [0.29, 0.717) is 5.56 Å². The summed E-state index contributed by atoms with van der Waals surface area (Å²) in [5, 5.41) is 18.6. The van der Waals surface area contributed by atoms with E-state index in [1.807, 2.05) is 0 Å². The molecular weight excluding hydrogens is 240 g/mol. The molecule has 7 nitrogen and oxygen atoms in total. The molecule has 2 heterocycles. The summed E-state index contributed by atoms with van der Waals surface area (Å²) in [5.74, 6) is 0.272. The van der Waals surface area contributed by atoms with Crippen LogP contribution in [0.5, 0.6) is 5.88 Å². The molecule has 0 saturated carbocycles. The van der Waals surface area contributed by atoms with Crippen LogP contribution >= 0.6 is 0 Å². The molecule has 0 amide bonds. The fourth-order valence-electron chi connectivity index (χ4n) is 2.02. The topological polar surface area (TPSA) is 93.8 Å². The van der Waals surface area contributed by atoms with Gasteiger partial charge in [-0.25, -0.2) is 4.79 Å². The highest BCUT2D eigenvalue weighted by Crippen LogP contribution is 2.27. The zero-order chi connectivity index (χ0) is 13.3. The molecule has 100 valence electrons. The van der Waals surface area contributed by atoms with Crippen molar-refractivity contribution in [3.8, 4) is 5.88 Å². The van der Waals surface area contributed by atoms with Crippen molar-refractivity contribution < 1.29 is 19.7 Å². The Hall–Kier alpha value is -1.44. The van der Waals surface area contributed by atoms with Gasteiger partial charge in [0, 0.05) is 18.2 Å². The van der Waals surface area contributed by atoms with E-state index < -0.39 is 24.1 Å². The smallest absolute Gasteiger partial charge is 0.352 e. The van der Waals surface area contributed by atoms with E-state index in [2.05, 4.69) is 4.98 Å². The SMILES string of the molecule is COc1nc(=O)n([C@H]2C[C@H](O)[C@@H](CO)O2)cc1C. The molecule has 1 aromatic heterocycles. The molecule has 0 bridgehead atoms. The van der Waals surface area contributed by atoms with Gasteiger partial charge in [-0.1, -0.05) is 0 Å². The Bertz CT molecular complexity index is 487. The van der Waals surface area contributed by atoms with Gasteiger partial charge in [-0.05, 0) is 6.92 Å². The van der Waals surface area contributed by atoms with Gasteiger partial charge in [0.05, 0.1) is 19.8 Å². The van der Waals surface area contributed by atoms with Gasteiger partial charge in [0.2, 0.25) is 5.88 Å². The lowest BCUT2D eigenvalue weighted by Gasteiger charge is -2.15. The van der Waals surface area contributed by atoms with Crippen LogP contribution in [0.4, 0.5) is 0 Å². The number of ether oxygens (including phenoxy) is 2. The van der Waals surface area contributed by atoms with Crippen LogP contribution in [0.25, 0.3) is 0 Å². The number of aryl methyl sites for hydroxylation is 1. The normalized spacial score (nSPS) is 27.4. The highest BCUT2D eigenvalue weighted by molar-refractivity contribution is 5.20. The maximum absolute atomic E-state index is 11.8. The van der Waals surface area contributed by atoms with E-state index in [1.54, 1.807) is 13.1 Å². The van der Waals surface area contributed by atoms with Crippen molar-refractivity contribution in [3.05, 3.63) is 22.2 Å². The number of aliphatic hydroxyl groups excluding tert-OH is 2. The largest absolute Gasteiger partial charge is 0.481 e. The molecule has 0 radical (unpaired) electrons. The minimum Gasteiger partial charge on any atom is -0.481 e. The van der Waals surface area contributed by atoms with Gasteiger partial charge in [0.25, 0.3) is 0 Å². The number of methoxy groups -OCH3 is 1. The van der Waals surface area contributed by atoms with E-state index in [-0.39, 0.29) is 18.9 Å². The molecule has 0 aromatic carbocycles. The van der Waals surface area contributed by atoms with E-state index >= 15 is 0 Å². The molecule has 2 rings (SSSR count). The van der Waals surface area contributed by atoms with Gasteiger partial charge in [-0.3, -0.25) is 4.57 Å². The standard InChI is InChI=1S/C11H16N2O5/c1-6-4-13(11(16)12-10(6)17-2)9-3-7(15)8(5-14)18-9/h4,7-9,14-15H,3,5H2,1-2H3/t7-,8+,9+/m0/s1. The third-order valence-electron chi connectivity index (χ3n) is 2.98. The average Bonchev–Trinajstić information content (AvgIpc) is 2.72. The van der Waals surface area contributed by atoms with E-state index in [9.17, 15) is 9.90 Å². The van der Waals surface area contributed by atoms with Gasteiger partial charge < -0.3 is 19.7 Å². The van der Waals surface area contributed by atoms with Crippen molar-refractivity contribution in [1.29, 1.82) is 0 Å². The van der Waals surface area contributed by atoms with E-state index in [4.69, 9.17) is 14.6 Å². The van der Waals surface area contributed by atoms with Gasteiger partial charge in [0.1, 0.15) is 12.3 Å². The van der Waals surface area contributed by atoms with Crippen molar-refractivity contribution in [2.75, 3.05) is 13.7 Å². The molecule has 3 atom stereocenters. The van der Waals surface area contributed by atoms with Crippen LogP contribution in [0.15, 0.2) is 11.0 Å². The number of hydrogen-bond donors (Lipinski definition) is 2. The molecule has 0 aliphatic carbocycles. The Morgan fingerprint density at radius 1 is 1.67 bits per heavy atom. The van der Waals surface area contributed by atoms with Crippen molar-refractivity contribution in [3.63, 3.8) is 0 Å². The Kier molecular flexibility index (Phi) is 3.65. The van der Waals surface area contributed by atoms with Gasteiger partial charge >= 0.3 is 5.69 Å². The molecular formula is C11H16N2O5. The van der Waals surface area contributed by atoms with Crippen LogP contribution in [0.1, 0.15) is 18.2 Å². The molecule has 1 aromatic rings. The average molecular weight is 256 g/mol. The Labute approximate surface area is 104 Å². The van der Waals surface area contributed by atoms with Gasteiger partial charge in [-0.15, -0.1) is 0 Å². The summed E-state index contributed by atoms with van der Waals surface area (Å²) >= 11 is 0. The zero-order valence-corrected chi connectivity index (χ0v) is 10.2. The minimum absolute atomic E-state index is 0.249. The molecule has 2 N–H and O–H groups in total. The lowest BCUT2D eigenvalue weighted by atomic mass is 10.2. The fourth-order valence-corrected chi connectivity index (χ4v) is 2.02. The predicted octanol–water partition coefficient (Wildman–Crippen LogP) is -0.799. The highest BCUT2D eigenvalue weighted by Gasteiger charge is 2.35. The predicted molar refractivity (Wildman–Crippen MR) is 61.4 cm³/mol. The molecule has 1 fully saturated rings.